The van der Waals surface area contributed by atoms with E-state index < -0.39 is 0 Å². The predicted octanol–water partition coefficient (Wildman–Crippen LogP) is 4.31. The van der Waals surface area contributed by atoms with E-state index in [4.69, 9.17) is 10.2 Å². The number of hydrogen-bond donors (Lipinski definition) is 1. The van der Waals surface area contributed by atoms with Crippen molar-refractivity contribution in [1.82, 2.24) is 4.98 Å². The molecule has 0 radical (unpaired) electrons. The van der Waals surface area contributed by atoms with Crippen LogP contribution < -0.4 is 5.73 Å². The molecule has 0 aliphatic carbocycles. The SMILES string of the molecule is Cc1cccc(-c2nc3c(C)c(C)c(N)c(C)c3o2)c1. The van der Waals surface area contributed by atoms with Crippen LogP contribution in [0.3, 0.4) is 0 Å². The van der Waals surface area contributed by atoms with Crippen molar-refractivity contribution in [3.63, 3.8) is 0 Å². The topological polar surface area (TPSA) is 52.0 Å². The zero-order valence-corrected chi connectivity index (χ0v) is 12.2. The molecule has 2 aromatic carbocycles. The Morgan fingerprint density at radius 2 is 1.75 bits per heavy atom. The molecule has 0 amide bonds. The number of oxazole rings is 1. The van der Waals surface area contributed by atoms with E-state index in [1.807, 2.05) is 32.9 Å². The zero-order chi connectivity index (χ0) is 14.4. The maximum absolute atomic E-state index is 6.13. The molecule has 1 aromatic heterocycles. The van der Waals surface area contributed by atoms with Crippen molar-refractivity contribution < 1.29 is 4.42 Å². The molecule has 102 valence electrons. The van der Waals surface area contributed by atoms with Crippen LogP contribution in [-0.4, -0.2) is 4.98 Å². The summed E-state index contributed by atoms with van der Waals surface area (Å²) >= 11 is 0. The number of hydrogen-bond acceptors (Lipinski definition) is 3. The average molecular weight is 266 g/mol. The highest BCUT2D eigenvalue weighted by molar-refractivity contribution is 5.88. The first kappa shape index (κ1) is 12.7. The van der Waals surface area contributed by atoms with Gasteiger partial charge in [-0.05, 0) is 51.0 Å². The van der Waals surface area contributed by atoms with Gasteiger partial charge in [-0.1, -0.05) is 17.7 Å². The molecule has 0 fully saturated rings. The van der Waals surface area contributed by atoms with Crippen LogP contribution in [0.15, 0.2) is 28.7 Å². The molecule has 3 nitrogen and oxygen atoms in total. The number of nitrogens with zero attached hydrogens (tertiary/aromatic N) is 1. The van der Waals surface area contributed by atoms with Crippen LogP contribution in [0, 0.1) is 27.7 Å². The van der Waals surface area contributed by atoms with Crippen molar-refractivity contribution in [2.45, 2.75) is 27.7 Å². The summed E-state index contributed by atoms with van der Waals surface area (Å²) < 4.78 is 5.97. The molecule has 0 bridgehead atoms. The second-order valence-corrected chi connectivity index (χ2v) is 5.35. The van der Waals surface area contributed by atoms with Gasteiger partial charge in [0.05, 0.1) is 0 Å². The molecule has 3 rings (SSSR count). The summed E-state index contributed by atoms with van der Waals surface area (Å²) in [4.78, 5) is 4.66. The van der Waals surface area contributed by atoms with Crippen molar-refractivity contribution in [3.8, 4) is 11.5 Å². The first-order valence-corrected chi connectivity index (χ1v) is 6.72. The maximum atomic E-state index is 6.13. The Hall–Kier alpha value is -2.29. The second-order valence-electron chi connectivity index (χ2n) is 5.35. The predicted molar refractivity (Wildman–Crippen MR) is 82.8 cm³/mol. The van der Waals surface area contributed by atoms with Crippen LogP contribution in [0.4, 0.5) is 5.69 Å². The monoisotopic (exact) mass is 266 g/mol. The molecule has 0 saturated carbocycles. The molecule has 20 heavy (non-hydrogen) atoms. The van der Waals surface area contributed by atoms with Gasteiger partial charge in [-0.3, -0.25) is 0 Å². The maximum Gasteiger partial charge on any atom is 0.227 e. The quantitative estimate of drug-likeness (QED) is 0.668. The molecule has 3 aromatic rings. The van der Waals surface area contributed by atoms with E-state index >= 15 is 0 Å². The Balaban J connectivity index is 2.31. The molecule has 2 N–H and O–H groups in total. The summed E-state index contributed by atoms with van der Waals surface area (Å²) in [5.41, 5.74) is 14.0. The first-order valence-electron chi connectivity index (χ1n) is 6.72. The lowest BCUT2D eigenvalue weighted by atomic mass is 10.0. The number of aryl methyl sites for hydroxylation is 3. The van der Waals surface area contributed by atoms with Gasteiger partial charge in [0.15, 0.2) is 5.58 Å². The first-order chi connectivity index (χ1) is 9.49. The highest BCUT2D eigenvalue weighted by Gasteiger charge is 2.16. The van der Waals surface area contributed by atoms with Gasteiger partial charge in [0, 0.05) is 16.8 Å². The third kappa shape index (κ3) is 1.78. The van der Waals surface area contributed by atoms with Gasteiger partial charge in [0.2, 0.25) is 5.89 Å². The number of aromatic nitrogens is 1. The summed E-state index contributed by atoms with van der Waals surface area (Å²) in [6.45, 7) is 8.11. The number of anilines is 1. The lowest BCUT2D eigenvalue weighted by Crippen LogP contribution is -1.97. The van der Waals surface area contributed by atoms with E-state index in [-0.39, 0.29) is 0 Å². The van der Waals surface area contributed by atoms with Crippen molar-refractivity contribution in [2.24, 2.45) is 0 Å². The molecular formula is C17H18N2O. The highest BCUT2D eigenvalue weighted by atomic mass is 16.3. The van der Waals surface area contributed by atoms with E-state index in [1.165, 1.54) is 5.56 Å². The molecule has 0 aliphatic rings. The minimum atomic E-state index is 0.653. The molecule has 0 aliphatic heterocycles. The minimum Gasteiger partial charge on any atom is -0.436 e. The third-order valence-corrected chi connectivity index (χ3v) is 3.96. The van der Waals surface area contributed by atoms with E-state index in [2.05, 4.69) is 24.0 Å². The molecule has 0 saturated heterocycles. The second kappa shape index (κ2) is 4.37. The van der Waals surface area contributed by atoms with Gasteiger partial charge >= 0.3 is 0 Å². The fourth-order valence-electron chi connectivity index (χ4n) is 2.51. The van der Waals surface area contributed by atoms with E-state index in [1.54, 1.807) is 0 Å². The van der Waals surface area contributed by atoms with Crippen LogP contribution in [0.1, 0.15) is 22.3 Å². The van der Waals surface area contributed by atoms with E-state index in [9.17, 15) is 0 Å². The van der Waals surface area contributed by atoms with Gasteiger partial charge < -0.3 is 10.2 Å². The van der Waals surface area contributed by atoms with E-state index in [0.29, 0.717) is 5.89 Å². The summed E-state index contributed by atoms with van der Waals surface area (Å²) in [6, 6.07) is 8.16. The van der Waals surface area contributed by atoms with Crippen LogP contribution >= 0.6 is 0 Å². The van der Waals surface area contributed by atoms with Crippen LogP contribution in [0.2, 0.25) is 0 Å². The van der Waals surface area contributed by atoms with Crippen molar-refractivity contribution >= 4 is 16.8 Å². The number of rotatable bonds is 1. The molecule has 0 spiro atoms. The summed E-state index contributed by atoms with van der Waals surface area (Å²) in [6.07, 6.45) is 0. The Morgan fingerprint density at radius 1 is 1.00 bits per heavy atom. The van der Waals surface area contributed by atoms with Crippen LogP contribution in [-0.2, 0) is 0 Å². The van der Waals surface area contributed by atoms with Gasteiger partial charge in [-0.15, -0.1) is 0 Å². The van der Waals surface area contributed by atoms with Gasteiger partial charge in [0.25, 0.3) is 0 Å². The highest BCUT2D eigenvalue weighted by Crippen LogP contribution is 2.34. The lowest BCUT2D eigenvalue weighted by Gasteiger charge is -2.07. The molecule has 1 heterocycles. The Morgan fingerprint density at radius 3 is 2.45 bits per heavy atom. The fourth-order valence-corrected chi connectivity index (χ4v) is 2.51. The number of nitrogens with two attached hydrogens (primary N) is 1. The number of fused-ring (bicyclic) bond motifs is 1. The molecule has 0 atom stereocenters. The summed E-state index contributed by atoms with van der Waals surface area (Å²) in [5.74, 6) is 0.653. The molecular weight excluding hydrogens is 248 g/mol. The number of nitrogen functional groups attached to an aromatic ring is 1. The average Bonchev–Trinajstić information content (AvgIpc) is 2.88. The Bertz CT molecular complexity index is 770. The largest absolute Gasteiger partial charge is 0.436 e. The van der Waals surface area contributed by atoms with Crippen molar-refractivity contribution in [3.05, 3.63) is 46.5 Å². The summed E-state index contributed by atoms with van der Waals surface area (Å²) in [5, 5.41) is 0. The number of benzene rings is 2. The summed E-state index contributed by atoms with van der Waals surface area (Å²) in [7, 11) is 0. The van der Waals surface area contributed by atoms with Gasteiger partial charge in [-0.25, -0.2) is 4.98 Å². The normalized spacial score (nSPS) is 11.2. The standard InChI is InChI=1S/C17H18N2O/c1-9-6-5-7-13(8-9)17-19-15-11(3)10(2)14(18)12(4)16(15)20-17/h5-8H,18H2,1-4H3. The van der Waals surface area contributed by atoms with Gasteiger partial charge in [-0.2, -0.15) is 0 Å². The Labute approximate surface area is 118 Å². The molecule has 3 heteroatoms. The molecule has 0 unspecified atom stereocenters. The van der Waals surface area contributed by atoms with Crippen molar-refractivity contribution in [2.75, 3.05) is 5.73 Å². The van der Waals surface area contributed by atoms with Crippen molar-refractivity contribution in [1.29, 1.82) is 0 Å². The third-order valence-electron chi connectivity index (χ3n) is 3.96. The zero-order valence-electron chi connectivity index (χ0n) is 12.2. The van der Waals surface area contributed by atoms with Gasteiger partial charge in [0.1, 0.15) is 5.52 Å². The van der Waals surface area contributed by atoms with Crippen LogP contribution in [0.5, 0.6) is 0 Å². The lowest BCUT2D eigenvalue weighted by molar-refractivity contribution is 0.617. The fraction of sp³-hybridized carbons (Fsp3) is 0.235. The smallest absolute Gasteiger partial charge is 0.227 e. The van der Waals surface area contributed by atoms with E-state index in [0.717, 1.165) is 39.0 Å². The van der Waals surface area contributed by atoms with Crippen LogP contribution in [0.25, 0.3) is 22.6 Å². The minimum absolute atomic E-state index is 0.653. The Kier molecular flexibility index (Phi) is 2.78.